The van der Waals surface area contributed by atoms with Crippen LogP contribution in [0.15, 0.2) is 52.1 Å². The first-order valence-electron chi connectivity index (χ1n) is 7.97. The van der Waals surface area contributed by atoms with Gasteiger partial charge in [-0.3, -0.25) is 14.5 Å². The Balaban J connectivity index is 1.94. The van der Waals surface area contributed by atoms with Gasteiger partial charge < -0.3 is 4.90 Å². The number of nitrogens with zero attached hydrogens (tertiary/aromatic N) is 6. The maximum Gasteiger partial charge on any atom is 0.159 e. The van der Waals surface area contributed by atoms with E-state index in [0.717, 1.165) is 38.8 Å². The summed E-state index contributed by atoms with van der Waals surface area (Å²) in [6, 6.07) is 12.1. The number of rotatable bonds is 3. The number of benzene rings is 1. The fourth-order valence-electron chi connectivity index (χ4n) is 2.97. The van der Waals surface area contributed by atoms with E-state index < -0.39 is 0 Å². The molecule has 126 valence electrons. The Morgan fingerprint density at radius 2 is 2.04 bits per heavy atom. The lowest BCUT2D eigenvalue weighted by Gasteiger charge is -2.15. The first-order valence-corrected chi connectivity index (χ1v) is 8.77. The number of pyridine rings is 1. The Kier molecular flexibility index (Phi) is 4.19. The van der Waals surface area contributed by atoms with E-state index in [4.69, 9.17) is 4.99 Å². The maximum absolute atomic E-state index is 4.81. The van der Waals surface area contributed by atoms with Crippen molar-refractivity contribution in [1.29, 1.82) is 0 Å². The predicted molar refractivity (Wildman–Crippen MR) is 100 cm³/mol. The summed E-state index contributed by atoms with van der Waals surface area (Å²) in [5, 5.41) is 8.74. The van der Waals surface area contributed by atoms with Crippen LogP contribution in [0.3, 0.4) is 0 Å². The van der Waals surface area contributed by atoms with Crippen LogP contribution < -0.4 is 0 Å². The molecule has 3 heterocycles. The van der Waals surface area contributed by atoms with Gasteiger partial charge in [-0.05, 0) is 44.4 Å². The summed E-state index contributed by atoms with van der Waals surface area (Å²) in [4.78, 5) is 11.4. The standard InChI is InChI=1S/C18H17BrN6/c1-24(2)11-17-23-22-16-10-21-18(14-5-3-4-8-20-14)13-9-12(19)6-7-15(13)25(16)17/h3-9H,10-11H2,1-2H3. The van der Waals surface area contributed by atoms with Gasteiger partial charge in [-0.25, -0.2) is 0 Å². The number of fused-ring (bicyclic) bond motifs is 3. The molecule has 4 rings (SSSR count). The third-order valence-electron chi connectivity index (χ3n) is 4.00. The lowest BCUT2D eigenvalue weighted by molar-refractivity contribution is 0.387. The normalized spacial score (nSPS) is 13.2. The molecule has 0 N–H and O–H groups in total. The van der Waals surface area contributed by atoms with Gasteiger partial charge in [0, 0.05) is 16.2 Å². The highest BCUT2D eigenvalue weighted by molar-refractivity contribution is 9.10. The quantitative estimate of drug-likeness (QED) is 0.682. The predicted octanol–water partition coefficient (Wildman–Crippen LogP) is 2.84. The number of hydrogen-bond donors (Lipinski definition) is 0. The molecule has 0 aliphatic carbocycles. The number of aliphatic imine (C=N–C) groups is 1. The highest BCUT2D eigenvalue weighted by Gasteiger charge is 2.23. The van der Waals surface area contributed by atoms with Gasteiger partial charge in [-0.2, -0.15) is 0 Å². The van der Waals surface area contributed by atoms with Crippen LogP contribution in [0.2, 0.25) is 0 Å². The number of aromatic nitrogens is 4. The summed E-state index contributed by atoms with van der Waals surface area (Å²) < 4.78 is 3.11. The second kappa shape index (κ2) is 6.50. The molecule has 0 unspecified atom stereocenters. The lowest BCUT2D eigenvalue weighted by atomic mass is 10.0. The molecule has 0 spiro atoms. The van der Waals surface area contributed by atoms with Crippen LogP contribution in [-0.4, -0.2) is 44.5 Å². The third-order valence-corrected chi connectivity index (χ3v) is 4.49. The molecule has 3 aromatic rings. The first-order chi connectivity index (χ1) is 12.1. The molecule has 0 atom stereocenters. The van der Waals surface area contributed by atoms with Crippen LogP contribution in [0.1, 0.15) is 22.9 Å². The van der Waals surface area contributed by atoms with Crippen molar-refractivity contribution in [3.05, 3.63) is 70.0 Å². The van der Waals surface area contributed by atoms with Crippen molar-refractivity contribution in [2.24, 2.45) is 4.99 Å². The molecule has 1 aliphatic heterocycles. The highest BCUT2D eigenvalue weighted by Crippen LogP contribution is 2.28. The van der Waals surface area contributed by atoms with E-state index >= 15 is 0 Å². The lowest BCUT2D eigenvalue weighted by Crippen LogP contribution is -2.16. The second-order valence-corrected chi connectivity index (χ2v) is 7.06. The number of hydrogen-bond acceptors (Lipinski definition) is 5. The van der Waals surface area contributed by atoms with Gasteiger partial charge in [-0.1, -0.05) is 22.0 Å². The minimum Gasteiger partial charge on any atom is -0.302 e. The molecule has 2 aromatic heterocycles. The van der Waals surface area contributed by atoms with Crippen LogP contribution in [0.5, 0.6) is 0 Å². The molecule has 25 heavy (non-hydrogen) atoms. The Labute approximate surface area is 154 Å². The zero-order chi connectivity index (χ0) is 17.4. The molecule has 0 bridgehead atoms. The smallest absolute Gasteiger partial charge is 0.159 e. The number of halogens is 1. The van der Waals surface area contributed by atoms with Crippen molar-refractivity contribution >= 4 is 21.6 Å². The Bertz CT molecular complexity index is 945. The molecule has 7 heteroatoms. The van der Waals surface area contributed by atoms with Crippen molar-refractivity contribution in [2.75, 3.05) is 14.1 Å². The van der Waals surface area contributed by atoms with E-state index in [0.29, 0.717) is 13.1 Å². The molecule has 1 aromatic carbocycles. The van der Waals surface area contributed by atoms with Gasteiger partial charge in [0.25, 0.3) is 0 Å². The Morgan fingerprint density at radius 1 is 1.16 bits per heavy atom. The molecular weight excluding hydrogens is 380 g/mol. The summed E-state index contributed by atoms with van der Waals surface area (Å²) in [7, 11) is 4.05. The van der Waals surface area contributed by atoms with E-state index in [2.05, 4.69) is 52.7 Å². The van der Waals surface area contributed by atoms with Gasteiger partial charge in [0.1, 0.15) is 6.54 Å². The fraction of sp³-hybridized carbons (Fsp3) is 0.222. The van der Waals surface area contributed by atoms with Crippen LogP contribution >= 0.6 is 15.9 Å². The molecule has 6 nitrogen and oxygen atoms in total. The van der Waals surface area contributed by atoms with E-state index in [1.54, 1.807) is 6.20 Å². The molecular formula is C18H17BrN6. The minimum atomic E-state index is 0.471. The van der Waals surface area contributed by atoms with Gasteiger partial charge in [-0.15, -0.1) is 10.2 Å². The minimum absolute atomic E-state index is 0.471. The van der Waals surface area contributed by atoms with Gasteiger partial charge in [0.2, 0.25) is 0 Å². The zero-order valence-electron chi connectivity index (χ0n) is 14.0. The SMILES string of the molecule is CN(C)Cc1nnc2n1-c1ccc(Br)cc1C(c1ccccn1)=NC2. The first kappa shape index (κ1) is 16.1. The highest BCUT2D eigenvalue weighted by atomic mass is 79.9. The van der Waals surface area contributed by atoms with Gasteiger partial charge in [0.15, 0.2) is 11.6 Å². The summed E-state index contributed by atoms with van der Waals surface area (Å²) in [6.45, 7) is 1.18. The van der Waals surface area contributed by atoms with E-state index in [1.165, 1.54) is 0 Å². The van der Waals surface area contributed by atoms with Crippen molar-refractivity contribution in [2.45, 2.75) is 13.1 Å². The summed E-state index contributed by atoms with van der Waals surface area (Å²) in [5.41, 5.74) is 3.78. The summed E-state index contributed by atoms with van der Waals surface area (Å²) >= 11 is 3.58. The van der Waals surface area contributed by atoms with Crippen LogP contribution in [0.4, 0.5) is 0 Å². The maximum atomic E-state index is 4.81. The van der Waals surface area contributed by atoms with Crippen molar-refractivity contribution < 1.29 is 0 Å². The average molecular weight is 397 g/mol. The van der Waals surface area contributed by atoms with Crippen molar-refractivity contribution in [3.8, 4) is 5.69 Å². The summed E-state index contributed by atoms with van der Waals surface area (Å²) in [5.74, 6) is 1.74. The van der Waals surface area contributed by atoms with Crippen LogP contribution in [-0.2, 0) is 13.1 Å². The van der Waals surface area contributed by atoms with Crippen LogP contribution in [0.25, 0.3) is 5.69 Å². The third kappa shape index (κ3) is 3.01. The Hall–Kier alpha value is -2.38. The molecule has 0 radical (unpaired) electrons. The van der Waals surface area contributed by atoms with E-state index in [9.17, 15) is 0 Å². The molecule has 0 amide bonds. The zero-order valence-corrected chi connectivity index (χ0v) is 15.6. The topological polar surface area (TPSA) is 59.2 Å². The monoisotopic (exact) mass is 396 g/mol. The molecule has 1 aliphatic rings. The fourth-order valence-corrected chi connectivity index (χ4v) is 3.33. The molecule has 0 saturated heterocycles. The summed E-state index contributed by atoms with van der Waals surface area (Å²) in [6.07, 6.45) is 1.79. The van der Waals surface area contributed by atoms with Crippen molar-refractivity contribution in [1.82, 2.24) is 24.6 Å². The van der Waals surface area contributed by atoms with Gasteiger partial charge >= 0.3 is 0 Å². The largest absolute Gasteiger partial charge is 0.302 e. The van der Waals surface area contributed by atoms with Crippen molar-refractivity contribution in [3.63, 3.8) is 0 Å². The van der Waals surface area contributed by atoms with Gasteiger partial charge in [0.05, 0.1) is 23.6 Å². The van der Waals surface area contributed by atoms with E-state index in [1.807, 2.05) is 38.4 Å². The molecule has 0 saturated carbocycles. The Morgan fingerprint density at radius 3 is 2.80 bits per heavy atom. The van der Waals surface area contributed by atoms with E-state index in [-0.39, 0.29) is 0 Å². The van der Waals surface area contributed by atoms with Crippen LogP contribution in [0, 0.1) is 0 Å². The average Bonchev–Trinajstić information content (AvgIpc) is 2.90. The second-order valence-electron chi connectivity index (χ2n) is 6.15. The molecule has 0 fully saturated rings.